The molecule has 21 heavy (non-hydrogen) atoms. The van der Waals surface area contributed by atoms with E-state index < -0.39 is 0 Å². The van der Waals surface area contributed by atoms with Crippen LogP contribution in [0.4, 0.5) is 0 Å². The Morgan fingerprint density at radius 3 is 2.71 bits per heavy atom. The van der Waals surface area contributed by atoms with Gasteiger partial charge in [-0.3, -0.25) is 0 Å². The Hall–Kier alpha value is -1.02. The van der Waals surface area contributed by atoms with Gasteiger partial charge in [-0.1, -0.05) is 43.1 Å². The fourth-order valence-corrected chi connectivity index (χ4v) is 2.89. The van der Waals surface area contributed by atoms with Gasteiger partial charge in [0.05, 0.1) is 5.76 Å². The quantitative estimate of drug-likeness (QED) is 0.493. The summed E-state index contributed by atoms with van der Waals surface area (Å²) in [5.74, 6) is 0.934. The van der Waals surface area contributed by atoms with Crippen LogP contribution in [0.5, 0.6) is 0 Å². The molecule has 0 saturated heterocycles. The van der Waals surface area contributed by atoms with E-state index in [0.717, 1.165) is 25.8 Å². The first-order valence-corrected chi connectivity index (χ1v) is 8.49. The van der Waals surface area contributed by atoms with E-state index in [0.29, 0.717) is 17.7 Å². The van der Waals surface area contributed by atoms with Crippen molar-refractivity contribution in [1.29, 1.82) is 0 Å². The lowest BCUT2D eigenvalue weighted by Gasteiger charge is -2.29. The standard InChI is InChI=1S/C19H33NO/c1-5-7-8-10-15(3)16(4)14-20-18-12-9-11-17(13-18)19(21)6-2/h6,8,10,17-18,20-21H,5,7,9,11-14H2,1-4H3/b10-8-,16-15+,19-6?. The van der Waals surface area contributed by atoms with Crippen molar-refractivity contribution in [2.24, 2.45) is 5.92 Å². The fraction of sp³-hybridized carbons (Fsp3) is 0.684. The number of aliphatic hydroxyl groups excluding tert-OH is 1. The molecule has 1 aliphatic rings. The molecule has 1 rings (SSSR count). The van der Waals surface area contributed by atoms with Crippen LogP contribution in [0.25, 0.3) is 0 Å². The molecule has 0 spiro atoms. The Balaban J connectivity index is 2.45. The van der Waals surface area contributed by atoms with Gasteiger partial charge in [0.1, 0.15) is 0 Å². The molecule has 2 heteroatoms. The van der Waals surface area contributed by atoms with Crippen LogP contribution in [0.15, 0.2) is 35.1 Å². The van der Waals surface area contributed by atoms with Gasteiger partial charge >= 0.3 is 0 Å². The molecule has 2 unspecified atom stereocenters. The summed E-state index contributed by atoms with van der Waals surface area (Å²) in [4.78, 5) is 0. The van der Waals surface area contributed by atoms with E-state index in [2.05, 4.69) is 38.2 Å². The molecule has 1 saturated carbocycles. The summed E-state index contributed by atoms with van der Waals surface area (Å²) in [5.41, 5.74) is 2.79. The Morgan fingerprint density at radius 1 is 1.29 bits per heavy atom. The van der Waals surface area contributed by atoms with Gasteiger partial charge in [-0.15, -0.1) is 0 Å². The Labute approximate surface area is 131 Å². The number of unbranched alkanes of at least 4 members (excludes halogenated alkanes) is 1. The third kappa shape index (κ3) is 6.52. The van der Waals surface area contributed by atoms with E-state index in [1.165, 1.54) is 30.4 Å². The third-order valence-electron chi connectivity index (χ3n) is 4.54. The van der Waals surface area contributed by atoms with Crippen LogP contribution in [-0.2, 0) is 0 Å². The van der Waals surface area contributed by atoms with Gasteiger partial charge in [-0.05, 0) is 52.5 Å². The lowest BCUT2D eigenvalue weighted by atomic mass is 9.84. The second-order valence-corrected chi connectivity index (χ2v) is 6.31. The Bertz CT molecular complexity index is 392. The normalized spacial score (nSPS) is 25.2. The maximum absolute atomic E-state index is 9.90. The highest BCUT2D eigenvalue weighted by atomic mass is 16.3. The smallest absolute Gasteiger partial charge is 0.0911 e. The SMILES string of the molecule is CC=C(O)C1CCCC(NC/C(C)=C(C)/C=C\CCC)C1. The highest BCUT2D eigenvalue weighted by molar-refractivity contribution is 5.23. The molecule has 120 valence electrons. The Kier molecular flexibility index (Phi) is 8.44. The average Bonchev–Trinajstić information content (AvgIpc) is 2.52. The summed E-state index contributed by atoms with van der Waals surface area (Å²) in [6, 6.07) is 0.535. The summed E-state index contributed by atoms with van der Waals surface area (Å²) >= 11 is 0. The minimum absolute atomic E-state index is 0.357. The molecule has 0 amide bonds. The summed E-state index contributed by atoms with van der Waals surface area (Å²) in [5, 5.41) is 13.6. The topological polar surface area (TPSA) is 32.3 Å². The maximum atomic E-state index is 9.90. The molecule has 0 aromatic heterocycles. The van der Waals surface area contributed by atoms with Crippen molar-refractivity contribution in [3.63, 3.8) is 0 Å². The molecular formula is C19H33NO. The van der Waals surface area contributed by atoms with E-state index in [1.54, 1.807) is 0 Å². The van der Waals surface area contributed by atoms with Gasteiger partial charge in [0.2, 0.25) is 0 Å². The first kappa shape index (κ1) is 18.0. The number of aliphatic hydroxyl groups is 1. The number of nitrogens with one attached hydrogen (secondary N) is 1. The predicted molar refractivity (Wildman–Crippen MR) is 92.6 cm³/mol. The molecule has 0 aliphatic heterocycles. The molecule has 1 fully saturated rings. The zero-order valence-electron chi connectivity index (χ0n) is 14.3. The lowest BCUT2D eigenvalue weighted by molar-refractivity contribution is 0.243. The molecule has 2 atom stereocenters. The molecule has 0 aromatic rings. The minimum atomic E-state index is 0.357. The highest BCUT2D eigenvalue weighted by Crippen LogP contribution is 2.28. The van der Waals surface area contributed by atoms with Gasteiger partial charge in [0.15, 0.2) is 0 Å². The summed E-state index contributed by atoms with van der Waals surface area (Å²) in [6.45, 7) is 9.49. The summed E-state index contributed by atoms with van der Waals surface area (Å²) < 4.78 is 0. The molecule has 0 bridgehead atoms. The molecule has 0 radical (unpaired) electrons. The number of allylic oxidation sites excluding steroid dienone is 5. The number of hydrogen-bond donors (Lipinski definition) is 2. The maximum Gasteiger partial charge on any atom is 0.0911 e. The second-order valence-electron chi connectivity index (χ2n) is 6.31. The Morgan fingerprint density at radius 2 is 2.05 bits per heavy atom. The van der Waals surface area contributed by atoms with Crippen LogP contribution in [0, 0.1) is 5.92 Å². The monoisotopic (exact) mass is 291 g/mol. The lowest BCUT2D eigenvalue weighted by Crippen LogP contribution is -2.35. The van der Waals surface area contributed by atoms with Gasteiger partial charge in [0, 0.05) is 18.5 Å². The van der Waals surface area contributed by atoms with Crippen molar-refractivity contribution in [3.05, 3.63) is 35.1 Å². The largest absolute Gasteiger partial charge is 0.512 e. The number of hydrogen-bond acceptors (Lipinski definition) is 2. The van der Waals surface area contributed by atoms with Gasteiger partial charge in [0.25, 0.3) is 0 Å². The molecule has 2 N–H and O–H groups in total. The van der Waals surface area contributed by atoms with Crippen LogP contribution < -0.4 is 5.32 Å². The van der Waals surface area contributed by atoms with Crippen LogP contribution in [-0.4, -0.2) is 17.7 Å². The predicted octanol–water partition coefficient (Wildman–Crippen LogP) is 5.29. The minimum Gasteiger partial charge on any atom is -0.512 e. The fourth-order valence-electron chi connectivity index (χ4n) is 2.89. The third-order valence-corrected chi connectivity index (χ3v) is 4.54. The number of rotatable bonds is 7. The van der Waals surface area contributed by atoms with Gasteiger partial charge in [-0.25, -0.2) is 0 Å². The average molecular weight is 291 g/mol. The molecule has 2 nitrogen and oxygen atoms in total. The van der Waals surface area contributed by atoms with E-state index in [4.69, 9.17) is 0 Å². The molecule has 0 heterocycles. The van der Waals surface area contributed by atoms with Crippen LogP contribution in [0.3, 0.4) is 0 Å². The first-order valence-electron chi connectivity index (χ1n) is 8.49. The second kappa shape index (κ2) is 9.83. The zero-order valence-corrected chi connectivity index (χ0v) is 14.3. The van der Waals surface area contributed by atoms with E-state index in [9.17, 15) is 5.11 Å². The molecule has 1 aliphatic carbocycles. The van der Waals surface area contributed by atoms with Crippen molar-refractivity contribution in [2.75, 3.05) is 6.54 Å². The van der Waals surface area contributed by atoms with Crippen LogP contribution >= 0.6 is 0 Å². The molecular weight excluding hydrogens is 258 g/mol. The van der Waals surface area contributed by atoms with E-state index in [-0.39, 0.29) is 0 Å². The van der Waals surface area contributed by atoms with E-state index >= 15 is 0 Å². The molecule has 0 aromatic carbocycles. The van der Waals surface area contributed by atoms with Crippen molar-refractivity contribution < 1.29 is 5.11 Å². The van der Waals surface area contributed by atoms with Crippen LogP contribution in [0.2, 0.25) is 0 Å². The summed E-state index contributed by atoms with van der Waals surface area (Å²) in [7, 11) is 0. The first-order chi connectivity index (χ1) is 10.1. The van der Waals surface area contributed by atoms with Crippen molar-refractivity contribution in [1.82, 2.24) is 5.32 Å². The van der Waals surface area contributed by atoms with Crippen molar-refractivity contribution >= 4 is 0 Å². The zero-order chi connectivity index (χ0) is 15.7. The van der Waals surface area contributed by atoms with Crippen molar-refractivity contribution in [3.8, 4) is 0 Å². The highest BCUT2D eigenvalue weighted by Gasteiger charge is 2.23. The van der Waals surface area contributed by atoms with Gasteiger partial charge in [-0.2, -0.15) is 0 Å². The summed E-state index contributed by atoms with van der Waals surface area (Å²) in [6.07, 6.45) is 13.3. The van der Waals surface area contributed by atoms with E-state index in [1.807, 2.05) is 13.0 Å². The van der Waals surface area contributed by atoms with Crippen LogP contribution in [0.1, 0.15) is 66.2 Å². The van der Waals surface area contributed by atoms with Gasteiger partial charge < -0.3 is 10.4 Å². The van der Waals surface area contributed by atoms with Crippen molar-refractivity contribution in [2.45, 2.75) is 72.3 Å².